The van der Waals surface area contributed by atoms with Crippen molar-refractivity contribution in [1.82, 2.24) is 24.3 Å². The fraction of sp³-hybridized carbons (Fsp3) is 0.0870. The largest absolute Gasteiger partial charge is 0.280 e. The molecule has 0 fully saturated rings. The fourth-order valence-corrected chi connectivity index (χ4v) is 3.64. The summed E-state index contributed by atoms with van der Waals surface area (Å²) in [5.74, 6) is -0.759. The quantitative estimate of drug-likeness (QED) is 0.475. The second-order valence-electron chi connectivity index (χ2n) is 7.14. The van der Waals surface area contributed by atoms with Crippen molar-refractivity contribution in [2.45, 2.75) is 13.3 Å². The number of aryl methyl sites for hydroxylation is 1. The van der Waals surface area contributed by atoms with Gasteiger partial charge in [-0.2, -0.15) is 5.10 Å². The molecule has 0 atom stereocenters. The van der Waals surface area contributed by atoms with Gasteiger partial charge in [-0.3, -0.25) is 20.0 Å². The van der Waals surface area contributed by atoms with E-state index in [0.29, 0.717) is 28.5 Å². The fourth-order valence-electron chi connectivity index (χ4n) is 3.64. The number of halogens is 1. The van der Waals surface area contributed by atoms with E-state index in [9.17, 15) is 14.0 Å². The van der Waals surface area contributed by atoms with Crippen molar-refractivity contribution in [2.24, 2.45) is 0 Å². The summed E-state index contributed by atoms with van der Waals surface area (Å²) in [7, 11) is 0. The van der Waals surface area contributed by atoms with Gasteiger partial charge >= 0.3 is 0 Å². The summed E-state index contributed by atoms with van der Waals surface area (Å²) in [4.78, 5) is 33.8. The molecule has 32 heavy (non-hydrogen) atoms. The van der Waals surface area contributed by atoms with E-state index in [-0.39, 0.29) is 5.82 Å². The van der Waals surface area contributed by atoms with Gasteiger partial charge in [0.05, 0.1) is 16.6 Å². The Balaban J connectivity index is 1.63. The number of carbonyl (C=O) groups excluding carboxylic acids is 1. The highest BCUT2D eigenvalue weighted by Gasteiger charge is 2.18. The zero-order valence-corrected chi connectivity index (χ0v) is 17.0. The number of carbonyl (C=O) groups is 1. The van der Waals surface area contributed by atoms with Crippen molar-refractivity contribution >= 4 is 22.5 Å². The third-order valence-electron chi connectivity index (χ3n) is 5.22. The third kappa shape index (κ3) is 3.20. The minimum Gasteiger partial charge on any atom is -0.267 e. The Morgan fingerprint density at radius 1 is 1.09 bits per heavy atom. The molecule has 8 nitrogen and oxygen atoms in total. The Kier molecular flexibility index (Phi) is 4.70. The molecule has 5 rings (SSSR count). The molecule has 0 aliphatic heterocycles. The molecule has 1 amide bonds. The van der Waals surface area contributed by atoms with Crippen molar-refractivity contribution in [3.63, 3.8) is 0 Å². The van der Waals surface area contributed by atoms with E-state index in [4.69, 9.17) is 0 Å². The molecule has 9 heteroatoms. The third-order valence-corrected chi connectivity index (χ3v) is 5.22. The van der Waals surface area contributed by atoms with Gasteiger partial charge in [-0.15, -0.1) is 0 Å². The monoisotopic (exact) mass is 428 g/mol. The normalized spacial score (nSPS) is 11.2. The predicted octanol–water partition coefficient (Wildman–Crippen LogP) is 3.19. The van der Waals surface area contributed by atoms with Crippen molar-refractivity contribution in [1.29, 1.82) is 0 Å². The van der Waals surface area contributed by atoms with Crippen molar-refractivity contribution in [2.75, 3.05) is 5.43 Å². The first kappa shape index (κ1) is 19.6. The maximum Gasteiger partial charge on any atom is 0.280 e. The number of rotatable bonds is 4. The van der Waals surface area contributed by atoms with Crippen LogP contribution in [0, 0.1) is 5.82 Å². The molecule has 0 bridgehead atoms. The molecule has 0 unspecified atom stereocenters. The number of amides is 1. The summed E-state index contributed by atoms with van der Waals surface area (Å²) >= 11 is 0. The Labute approximate surface area is 181 Å². The topological polar surface area (TPSA) is 94.2 Å². The summed E-state index contributed by atoms with van der Waals surface area (Å²) in [5.41, 5.74) is 6.01. The molecule has 0 saturated carbocycles. The van der Waals surface area contributed by atoms with Gasteiger partial charge in [-0.1, -0.05) is 19.1 Å². The van der Waals surface area contributed by atoms with Crippen molar-refractivity contribution < 1.29 is 9.18 Å². The van der Waals surface area contributed by atoms with E-state index in [1.807, 2.05) is 6.92 Å². The van der Waals surface area contributed by atoms with Crippen LogP contribution in [0.15, 0.2) is 72.0 Å². The maximum atomic E-state index is 13.4. The standard InChI is InChI=1S/C23H17FN6O2/c1-2-18-20(14-3-5-16(24)6-4-14)21-26-13-17-19(30(21)27-18)9-12-29(23(17)32)28-22(31)15-7-10-25-11-8-15/h3-13H,2H2,1H3,(H,28,31). The zero-order valence-electron chi connectivity index (χ0n) is 17.0. The van der Waals surface area contributed by atoms with E-state index in [1.165, 1.54) is 36.9 Å². The lowest BCUT2D eigenvalue weighted by atomic mass is 10.0. The molecule has 0 radical (unpaired) electrons. The van der Waals surface area contributed by atoms with Crippen LogP contribution in [0.1, 0.15) is 23.0 Å². The SMILES string of the molecule is CCc1nn2c(ncc3c(=O)n(NC(=O)c4ccncc4)ccc32)c1-c1ccc(F)cc1. The lowest BCUT2D eigenvalue weighted by molar-refractivity contribution is 0.101. The van der Waals surface area contributed by atoms with E-state index in [1.54, 1.807) is 34.8 Å². The molecule has 5 aromatic rings. The van der Waals surface area contributed by atoms with Crippen LogP contribution in [-0.2, 0) is 6.42 Å². The first-order chi connectivity index (χ1) is 15.6. The summed E-state index contributed by atoms with van der Waals surface area (Å²) in [5, 5.41) is 4.95. The average Bonchev–Trinajstić information content (AvgIpc) is 3.21. The van der Waals surface area contributed by atoms with Crippen LogP contribution in [0.5, 0.6) is 0 Å². The van der Waals surface area contributed by atoms with E-state index in [2.05, 4.69) is 20.5 Å². The van der Waals surface area contributed by atoms with Crippen LogP contribution < -0.4 is 11.0 Å². The predicted molar refractivity (Wildman–Crippen MR) is 117 cm³/mol. The highest BCUT2D eigenvalue weighted by Crippen LogP contribution is 2.29. The summed E-state index contributed by atoms with van der Waals surface area (Å²) in [6, 6.07) is 11.0. The van der Waals surface area contributed by atoms with Gasteiger partial charge in [0.1, 0.15) is 5.82 Å². The van der Waals surface area contributed by atoms with Gasteiger partial charge in [0, 0.05) is 35.9 Å². The number of aromatic nitrogens is 5. The molecule has 1 aromatic carbocycles. The molecule has 158 valence electrons. The van der Waals surface area contributed by atoms with E-state index >= 15 is 0 Å². The Bertz CT molecular complexity index is 1520. The van der Waals surface area contributed by atoms with Crippen molar-refractivity contribution in [3.05, 3.63) is 94.7 Å². The molecular weight excluding hydrogens is 411 g/mol. The Morgan fingerprint density at radius 3 is 2.56 bits per heavy atom. The van der Waals surface area contributed by atoms with Gasteiger partial charge in [-0.05, 0) is 42.3 Å². The molecular formula is C23H17FN6O2. The van der Waals surface area contributed by atoms with Crippen LogP contribution in [0.25, 0.3) is 27.7 Å². The van der Waals surface area contributed by atoms with Gasteiger partial charge in [0.2, 0.25) is 0 Å². The van der Waals surface area contributed by atoms with Crippen molar-refractivity contribution in [3.8, 4) is 11.1 Å². The van der Waals surface area contributed by atoms with Crippen LogP contribution in [0.2, 0.25) is 0 Å². The smallest absolute Gasteiger partial charge is 0.267 e. The molecule has 0 aliphatic carbocycles. The zero-order chi connectivity index (χ0) is 22.2. The second-order valence-corrected chi connectivity index (χ2v) is 7.14. The lowest BCUT2D eigenvalue weighted by Gasteiger charge is -2.09. The number of fused-ring (bicyclic) bond motifs is 3. The number of nitrogens with one attached hydrogen (secondary N) is 1. The molecule has 0 spiro atoms. The molecule has 1 N–H and O–H groups in total. The maximum absolute atomic E-state index is 13.4. The minimum absolute atomic E-state index is 0.297. The van der Waals surface area contributed by atoms with Crippen LogP contribution >= 0.6 is 0 Å². The number of hydrogen-bond acceptors (Lipinski definition) is 5. The van der Waals surface area contributed by atoms with Gasteiger partial charge in [0.25, 0.3) is 11.5 Å². The van der Waals surface area contributed by atoms with Crippen LogP contribution in [0.3, 0.4) is 0 Å². The molecule has 0 saturated heterocycles. The molecule has 4 aromatic heterocycles. The highest BCUT2D eigenvalue weighted by atomic mass is 19.1. The summed E-state index contributed by atoms with van der Waals surface area (Å²) in [6.07, 6.45) is 6.59. The van der Waals surface area contributed by atoms with Crippen LogP contribution in [-0.4, -0.2) is 30.2 Å². The highest BCUT2D eigenvalue weighted by molar-refractivity contribution is 6.00. The number of nitrogens with zero attached hydrogens (tertiary/aromatic N) is 5. The first-order valence-electron chi connectivity index (χ1n) is 9.96. The average molecular weight is 428 g/mol. The number of pyridine rings is 2. The minimum atomic E-state index is -0.436. The van der Waals surface area contributed by atoms with E-state index < -0.39 is 11.5 Å². The Morgan fingerprint density at radius 2 is 1.84 bits per heavy atom. The van der Waals surface area contributed by atoms with E-state index in [0.717, 1.165) is 21.5 Å². The second kappa shape index (κ2) is 7.69. The number of hydrogen-bond donors (Lipinski definition) is 1. The summed E-state index contributed by atoms with van der Waals surface area (Å²) in [6.45, 7) is 1.97. The van der Waals surface area contributed by atoms with Crippen LogP contribution in [0.4, 0.5) is 4.39 Å². The van der Waals surface area contributed by atoms with Gasteiger partial charge < -0.3 is 0 Å². The lowest BCUT2D eigenvalue weighted by Crippen LogP contribution is -2.33. The molecule has 4 heterocycles. The Hall–Kier alpha value is -4.40. The molecule has 0 aliphatic rings. The van der Waals surface area contributed by atoms with Gasteiger partial charge in [0.15, 0.2) is 5.65 Å². The summed E-state index contributed by atoms with van der Waals surface area (Å²) < 4.78 is 16.1. The first-order valence-corrected chi connectivity index (χ1v) is 9.96. The number of benzene rings is 1. The van der Waals surface area contributed by atoms with Gasteiger partial charge in [-0.25, -0.2) is 18.6 Å².